The van der Waals surface area contributed by atoms with Gasteiger partial charge < -0.3 is 15.2 Å². The third-order valence-electron chi connectivity index (χ3n) is 3.44. The molecule has 0 unspecified atom stereocenters. The molecular weight excluding hydrogens is 308 g/mol. The number of hydrogen-bond acceptors (Lipinski definition) is 5. The number of anilines is 2. The second-order valence-corrected chi connectivity index (χ2v) is 6.23. The van der Waals surface area contributed by atoms with Gasteiger partial charge >= 0.3 is 0 Å². The maximum absolute atomic E-state index is 11.0. The molecule has 3 rings (SSSR count). The summed E-state index contributed by atoms with van der Waals surface area (Å²) in [5.74, 6) is -1.10. The molecule has 0 aliphatic heterocycles. The predicted molar refractivity (Wildman–Crippen MR) is 90.7 cm³/mol. The van der Waals surface area contributed by atoms with E-state index in [1.807, 2.05) is 61.5 Å². The van der Waals surface area contributed by atoms with Crippen molar-refractivity contribution in [2.75, 3.05) is 5.32 Å². The van der Waals surface area contributed by atoms with Crippen molar-refractivity contribution >= 4 is 28.1 Å². The second kappa shape index (κ2) is 6.62. The normalized spacial score (nSPS) is 10.5. The lowest BCUT2D eigenvalue weighted by atomic mass is 10.1. The quantitative estimate of drug-likeness (QED) is 0.783. The number of aromatic nitrogens is 1. The molecule has 1 aromatic heterocycles. The van der Waals surface area contributed by atoms with Crippen molar-refractivity contribution in [3.8, 4) is 11.3 Å². The Morgan fingerprint density at radius 3 is 2.52 bits per heavy atom. The van der Waals surface area contributed by atoms with E-state index in [2.05, 4.69) is 10.3 Å². The Hall–Kier alpha value is -2.66. The van der Waals surface area contributed by atoms with E-state index in [1.54, 1.807) is 0 Å². The van der Waals surface area contributed by atoms with Crippen molar-refractivity contribution in [2.45, 2.75) is 13.3 Å². The number of para-hydroxylation sites is 1. The first-order valence-corrected chi connectivity index (χ1v) is 8.03. The number of carbonyl (C=O) groups excluding carboxylic acids is 1. The molecule has 0 saturated heterocycles. The number of carbonyl (C=O) groups is 1. The van der Waals surface area contributed by atoms with Gasteiger partial charge in [0.05, 0.1) is 5.69 Å². The van der Waals surface area contributed by atoms with Crippen molar-refractivity contribution in [1.82, 2.24) is 4.98 Å². The molecule has 4 nitrogen and oxygen atoms in total. The van der Waals surface area contributed by atoms with Crippen molar-refractivity contribution in [1.29, 1.82) is 0 Å². The zero-order valence-corrected chi connectivity index (χ0v) is 13.4. The molecular formula is C18H15N2O2S-. The smallest absolute Gasteiger partial charge is 0.187 e. The third kappa shape index (κ3) is 3.57. The fourth-order valence-electron chi connectivity index (χ4n) is 2.31. The molecule has 0 aliphatic carbocycles. The summed E-state index contributed by atoms with van der Waals surface area (Å²) < 4.78 is 0. The van der Waals surface area contributed by atoms with Gasteiger partial charge in [-0.1, -0.05) is 48.5 Å². The van der Waals surface area contributed by atoms with E-state index in [1.165, 1.54) is 11.3 Å². The number of aliphatic carboxylic acids is 1. The van der Waals surface area contributed by atoms with Crippen LogP contribution in [0.25, 0.3) is 11.3 Å². The van der Waals surface area contributed by atoms with Crippen molar-refractivity contribution in [2.24, 2.45) is 0 Å². The van der Waals surface area contributed by atoms with Crippen LogP contribution < -0.4 is 10.4 Å². The van der Waals surface area contributed by atoms with Crippen LogP contribution in [0.3, 0.4) is 0 Å². The minimum Gasteiger partial charge on any atom is -0.550 e. The summed E-state index contributed by atoms with van der Waals surface area (Å²) in [6.45, 7) is 2.01. The number of carboxylic acid groups (broad SMARTS) is 1. The number of nitrogens with one attached hydrogen (secondary N) is 1. The summed E-state index contributed by atoms with van der Waals surface area (Å²) in [5.41, 5.74) is 3.65. The van der Waals surface area contributed by atoms with Crippen LogP contribution in [0.15, 0.2) is 54.6 Å². The maximum atomic E-state index is 11.0. The highest BCUT2D eigenvalue weighted by atomic mass is 32.1. The molecule has 1 N–H and O–H groups in total. The van der Waals surface area contributed by atoms with Crippen LogP contribution in [0.4, 0.5) is 10.8 Å². The summed E-state index contributed by atoms with van der Waals surface area (Å²) in [6, 6.07) is 17.5. The largest absolute Gasteiger partial charge is 0.550 e. The number of hydrogen-bond donors (Lipinski definition) is 1. The van der Waals surface area contributed by atoms with Gasteiger partial charge in [0, 0.05) is 28.5 Å². The molecule has 0 bridgehead atoms. The molecule has 3 aromatic rings. The van der Waals surface area contributed by atoms with Crippen molar-refractivity contribution in [3.63, 3.8) is 0 Å². The Labute approximate surface area is 138 Å². The molecule has 0 saturated carbocycles. The summed E-state index contributed by atoms with van der Waals surface area (Å²) >= 11 is 1.34. The van der Waals surface area contributed by atoms with Crippen LogP contribution in [0.5, 0.6) is 0 Å². The lowest BCUT2D eigenvalue weighted by Gasteiger charge is -2.05. The first-order chi connectivity index (χ1) is 11.1. The van der Waals surface area contributed by atoms with Crippen LogP contribution in [0, 0.1) is 6.92 Å². The Kier molecular flexibility index (Phi) is 4.39. The highest BCUT2D eigenvalue weighted by Gasteiger charge is 2.14. The molecule has 0 radical (unpaired) electrons. The number of carboxylic acids is 1. The minimum absolute atomic E-state index is 0.142. The fraction of sp³-hybridized carbons (Fsp3) is 0.111. The van der Waals surface area contributed by atoms with Crippen LogP contribution >= 0.6 is 11.3 Å². The Morgan fingerprint density at radius 1 is 1.13 bits per heavy atom. The van der Waals surface area contributed by atoms with E-state index in [4.69, 9.17) is 0 Å². The van der Waals surface area contributed by atoms with Crippen LogP contribution in [-0.4, -0.2) is 11.0 Å². The summed E-state index contributed by atoms with van der Waals surface area (Å²) in [4.78, 5) is 16.3. The predicted octanol–water partition coefficient (Wildman–Crippen LogP) is 3.15. The van der Waals surface area contributed by atoms with E-state index in [-0.39, 0.29) is 6.42 Å². The van der Waals surface area contributed by atoms with Gasteiger partial charge in [0.15, 0.2) is 5.13 Å². The zero-order chi connectivity index (χ0) is 16.2. The topological polar surface area (TPSA) is 65.0 Å². The summed E-state index contributed by atoms with van der Waals surface area (Å²) in [7, 11) is 0. The lowest BCUT2D eigenvalue weighted by molar-refractivity contribution is -0.304. The number of benzene rings is 2. The van der Waals surface area contributed by atoms with E-state index in [0.29, 0.717) is 15.7 Å². The molecule has 1 heterocycles. The molecule has 23 heavy (non-hydrogen) atoms. The summed E-state index contributed by atoms with van der Waals surface area (Å²) in [6.07, 6.45) is -0.142. The van der Waals surface area contributed by atoms with Gasteiger partial charge in [-0.05, 0) is 18.6 Å². The van der Waals surface area contributed by atoms with Crippen molar-refractivity contribution in [3.05, 3.63) is 65.0 Å². The summed E-state index contributed by atoms with van der Waals surface area (Å²) in [5, 5.41) is 15.0. The molecule has 5 heteroatoms. The Bertz CT molecular complexity index is 828. The first-order valence-electron chi connectivity index (χ1n) is 7.21. The Morgan fingerprint density at radius 2 is 1.83 bits per heavy atom. The van der Waals surface area contributed by atoms with E-state index < -0.39 is 5.97 Å². The molecule has 0 atom stereocenters. The third-order valence-corrected chi connectivity index (χ3v) is 4.41. The molecule has 0 fully saturated rings. The molecule has 0 aliphatic rings. The standard InChI is InChI=1S/C18H16N2O2S/c1-12-7-5-6-10-14(12)19-18-20-17(13-8-3-2-4-9-13)15(23-18)11-16(21)22/h2-10H,11H2,1H3,(H,19,20)(H,21,22)/p-1. The monoisotopic (exact) mass is 323 g/mol. The zero-order valence-electron chi connectivity index (χ0n) is 12.6. The van der Waals surface area contributed by atoms with Gasteiger partial charge in [-0.25, -0.2) is 4.98 Å². The van der Waals surface area contributed by atoms with Gasteiger partial charge in [-0.15, -0.1) is 11.3 Å². The van der Waals surface area contributed by atoms with Crippen molar-refractivity contribution < 1.29 is 9.90 Å². The highest BCUT2D eigenvalue weighted by Crippen LogP contribution is 2.33. The molecule has 0 amide bonds. The SMILES string of the molecule is Cc1ccccc1Nc1nc(-c2ccccc2)c(CC(=O)[O-])s1. The first kappa shape index (κ1) is 15.2. The highest BCUT2D eigenvalue weighted by molar-refractivity contribution is 7.16. The number of aryl methyl sites for hydroxylation is 1. The number of nitrogens with zero attached hydrogens (tertiary/aromatic N) is 1. The molecule has 116 valence electrons. The number of rotatable bonds is 5. The lowest BCUT2D eigenvalue weighted by Crippen LogP contribution is -2.24. The van der Waals surface area contributed by atoms with E-state index in [0.717, 1.165) is 16.8 Å². The minimum atomic E-state index is -1.10. The van der Waals surface area contributed by atoms with Gasteiger partial charge in [0.2, 0.25) is 0 Å². The van der Waals surface area contributed by atoms with Gasteiger partial charge in [-0.2, -0.15) is 0 Å². The van der Waals surface area contributed by atoms with E-state index in [9.17, 15) is 9.90 Å². The van der Waals surface area contributed by atoms with Crippen LogP contribution in [-0.2, 0) is 11.2 Å². The average molecular weight is 323 g/mol. The van der Waals surface area contributed by atoms with Crippen LogP contribution in [0.2, 0.25) is 0 Å². The Balaban J connectivity index is 1.98. The van der Waals surface area contributed by atoms with Gasteiger partial charge in [0.1, 0.15) is 0 Å². The van der Waals surface area contributed by atoms with Gasteiger partial charge in [-0.3, -0.25) is 0 Å². The van der Waals surface area contributed by atoms with Gasteiger partial charge in [0.25, 0.3) is 0 Å². The number of thiazole rings is 1. The second-order valence-electron chi connectivity index (χ2n) is 5.15. The molecule has 0 spiro atoms. The fourth-order valence-corrected chi connectivity index (χ4v) is 3.29. The van der Waals surface area contributed by atoms with Crippen LogP contribution in [0.1, 0.15) is 10.4 Å². The average Bonchev–Trinajstić information content (AvgIpc) is 2.92. The molecule has 2 aromatic carbocycles. The maximum Gasteiger partial charge on any atom is 0.187 e. The van der Waals surface area contributed by atoms with E-state index >= 15 is 0 Å².